The smallest absolute Gasteiger partial charge is 0.410 e. The fraction of sp³-hybridized carbons (Fsp3) is 0.360. The maximum absolute atomic E-state index is 14.8. The topological polar surface area (TPSA) is 186 Å². The number of rotatable bonds is 13. The number of hydrogen-bond donors (Lipinski definition) is 4. The first-order valence-corrected chi connectivity index (χ1v) is 13.9. The van der Waals surface area contributed by atoms with Crippen molar-refractivity contribution in [2.75, 3.05) is 13.1 Å². The monoisotopic (exact) mass is 576 g/mol. The van der Waals surface area contributed by atoms with Crippen molar-refractivity contribution < 1.29 is 37.6 Å². The lowest BCUT2D eigenvalue weighted by molar-refractivity contribution is -0.126. The molecule has 0 saturated carbocycles. The molecular weight excluding hydrogens is 546 g/mol. The average Bonchev–Trinajstić information content (AvgIpc) is 2.91. The van der Waals surface area contributed by atoms with E-state index in [1.165, 1.54) is 18.2 Å². The summed E-state index contributed by atoms with van der Waals surface area (Å²) in [5.74, 6) is -0.151. The van der Waals surface area contributed by atoms with Crippen LogP contribution in [-0.2, 0) is 9.36 Å². The molecular formula is C25H30FN6O7P. The number of carbonyl (C=O) groups is 2. The molecule has 13 nitrogen and oxygen atoms in total. The Morgan fingerprint density at radius 1 is 0.925 bits per heavy atom. The van der Waals surface area contributed by atoms with Gasteiger partial charge in [0.2, 0.25) is 12.0 Å². The van der Waals surface area contributed by atoms with E-state index in [1.54, 1.807) is 38.1 Å². The van der Waals surface area contributed by atoms with E-state index < -0.39 is 31.7 Å². The molecule has 0 saturated heterocycles. The number of unbranched alkanes of at least 4 members (excludes halogenated alkanes) is 3. The molecule has 0 fully saturated rings. The third-order valence-electron chi connectivity index (χ3n) is 5.46. The molecule has 0 radical (unpaired) electrons. The largest absolute Gasteiger partial charge is 0.524 e. The molecule has 40 heavy (non-hydrogen) atoms. The van der Waals surface area contributed by atoms with Gasteiger partial charge in [-0.05, 0) is 63.1 Å². The summed E-state index contributed by atoms with van der Waals surface area (Å²) < 4.78 is 35.7. The number of amides is 2. The normalized spacial score (nSPS) is 11.9. The van der Waals surface area contributed by atoms with Crippen molar-refractivity contribution in [1.82, 2.24) is 31.0 Å². The Balaban J connectivity index is 1.30. The molecule has 214 valence electrons. The van der Waals surface area contributed by atoms with Gasteiger partial charge in [0.1, 0.15) is 11.5 Å². The summed E-state index contributed by atoms with van der Waals surface area (Å²) in [6, 6.07) is 10.6. The summed E-state index contributed by atoms with van der Waals surface area (Å²) >= 11 is 0. The number of aromatic nitrogens is 4. The number of nitrogens with zero attached hydrogens (tertiary/aromatic N) is 4. The molecule has 0 aliphatic rings. The van der Waals surface area contributed by atoms with Gasteiger partial charge in [-0.15, -0.1) is 20.4 Å². The van der Waals surface area contributed by atoms with E-state index in [0.717, 1.165) is 12.8 Å². The molecule has 0 aliphatic carbocycles. The second kappa shape index (κ2) is 14.4. The number of halogens is 1. The van der Waals surface area contributed by atoms with Gasteiger partial charge in [-0.3, -0.25) is 14.6 Å². The van der Waals surface area contributed by atoms with Gasteiger partial charge in [-0.25, -0.2) is 13.8 Å². The van der Waals surface area contributed by atoms with Crippen LogP contribution in [0.25, 0.3) is 11.4 Å². The molecule has 0 bridgehead atoms. The molecule has 2 amide bonds. The van der Waals surface area contributed by atoms with Gasteiger partial charge in [-0.2, -0.15) is 0 Å². The number of ether oxygens (including phenoxy) is 1. The van der Waals surface area contributed by atoms with Gasteiger partial charge >= 0.3 is 13.9 Å². The summed E-state index contributed by atoms with van der Waals surface area (Å²) in [6.07, 6.45) is -0.0343. The van der Waals surface area contributed by atoms with Crippen molar-refractivity contribution in [3.8, 4) is 22.9 Å². The van der Waals surface area contributed by atoms with E-state index >= 15 is 0 Å². The molecule has 1 atom stereocenters. The molecule has 1 aromatic heterocycles. The fourth-order valence-corrected chi connectivity index (χ4v) is 3.95. The fourth-order valence-electron chi connectivity index (χ4n) is 3.52. The van der Waals surface area contributed by atoms with E-state index in [1.807, 2.05) is 0 Å². The van der Waals surface area contributed by atoms with Crippen LogP contribution in [0.2, 0.25) is 0 Å². The highest BCUT2D eigenvalue weighted by atomic mass is 31.2. The molecule has 4 N–H and O–H groups in total. The van der Waals surface area contributed by atoms with Crippen molar-refractivity contribution in [2.45, 2.75) is 45.7 Å². The number of hydrogen-bond acceptors (Lipinski definition) is 9. The first-order chi connectivity index (χ1) is 19.0. The van der Waals surface area contributed by atoms with Gasteiger partial charge < -0.3 is 19.9 Å². The van der Waals surface area contributed by atoms with Gasteiger partial charge in [0.15, 0.2) is 5.82 Å². The van der Waals surface area contributed by atoms with Gasteiger partial charge in [-0.1, -0.05) is 24.5 Å². The summed E-state index contributed by atoms with van der Waals surface area (Å²) in [6.45, 7) is 3.94. The second-order valence-electron chi connectivity index (χ2n) is 8.80. The van der Waals surface area contributed by atoms with Crippen LogP contribution in [0.15, 0.2) is 42.5 Å². The highest BCUT2D eigenvalue weighted by Gasteiger charge is 2.27. The van der Waals surface area contributed by atoms with E-state index in [-0.39, 0.29) is 12.1 Å². The molecule has 15 heteroatoms. The summed E-state index contributed by atoms with van der Waals surface area (Å²) in [5.41, 5.74) is 1.02. The number of nitrogens with one attached hydrogen (secondary N) is 2. The predicted octanol–water partition coefficient (Wildman–Crippen LogP) is 3.50. The zero-order valence-corrected chi connectivity index (χ0v) is 22.8. The highest BCUT2D eigenvalue weighted by molar-refractivity contribution is 7.46. The highest BCUT2D eigenvalue weighted by Crippen LogP contribution is 2.41. The van der Waals surface area contributed by atoms with Crippen LogP contribution in [-0.4, -0.2) is 55.3 Å². The lowest BCUT2D eigenvalue weighted by atomic mass is 10.1. The van der Waals surface area contributed by atoms with Crippen LogP contribution in [0, 0.1) is 13.8 Å². The van der Waals surface area contributed by atoms with Crippen molar-refractivity contribution in [3.05, 3.63) is 59.4 Å². The Kier molecular flexibility index (Phi) is 11.0. The first-order valence-electron chi connectivity index (χ1n) is 12.4. The molecule has 3 aromatic rings. The molecule has 1 heterocycles. The SMILES string of the molecule is Cc1ccc(OP(=O)(O)O)c(C(F)C(=O)NCCCCCCNC(=O)Oc2ccc(-c3nnc(C)nn3)cc2)c1. The average molecular weight is 577 g/mol. The first kappa shape index (κ1) is 30.5. The second-order valence-corrected chi connectivity index (χ2v) is 9.97. The van der Waals surface area contributed by atoms with Crippen LogP contribution in [0.3, 0.4) is 0 Å². The minimum atomic E-state index is -4.92. The van der Waals surface area contributed by atoms with Crippen LogP contribution < -0.4 is 19.9 Å². The summed E-state index contributed by atoms with van der Waals surface area (Å²) in [7, 11) is -4.92. The summed E-state index contributed by atoms with van der Waals surface area (Å²) in [5, 5.41) is 20.7. The maximum Gasteiger partial charge on any atom is 0.524 e. The Bertz CT molecular complexity index is 1340. The van der Waals surface area contributed by atoms with Crippen LogP contribution in [0.4, 0.5) is 9.18 Å². The zero-order valence-electron chi connectivity index (χ0n) is 21.9. The number of carbonyl (C=O) groups excluding carboxylic acids is 2. The molecule has 2 aromatic carbocycles. The molecule has 1 unspecified atom stereocenters. The van der Waals surface area contributed by atoms with Crippen LogP contribution >= 0.6 is 7.82 Å². The third-order valence-corrected chi connectivity index (χ3v) is 5.89. The van der Waals surface area contributed by atoms with E-state index in [9.17, 15) is 18.5 Å². The number of phosphoric ester groups is 1. The van der Waals surface area contributed by atoms with Gasteiger partial charge in [0.25, 0.3) is 5.91 Å². The standard InChI is InChI=1S/C25H30FN6O7P/c1-16-7-12-21(39-40(35,36)37)20(15-16)22(26)24(33)27-13-5-3-4-6-14-28-25(34)38-19-10-8-18(9-11-19)23-31-29-17(2)30-32-23/h7-12,15,22H,3-6,13-14H2,1-2H3,(H,27,33)(H,28,34)(H2,35,36,37). The molecule has 0 aliphatic heterocycles. The van der Waals surface area contributed by atoms with Crippen molar-refractivity contribution in [1.29, 1.82) is 0 Å². The number of aryl methyl sites for hydroxylation is 2. The van der Waals surface area contributed by atoms with Crippen molar-refractivity contribution >= 4 is 19.8 Å². The van der Waals surface area contributed by atoms with Crippen molar-refractivity contribution in [2.24, 2.45) is 0 Å². The lowest BCUT2D eigenvalue weighted by Crippen LogP contribution is -2.29. The Morgan fingerprint density at radius 2 is 1.55 bits per heavy atom. The predicted molar refractivity (Wildman–Crippen MR) is 141 cm³/mol. The zero-order chi connectivity index (χ0) is 29.1. The Hall–Kier alpha value is -4.00. The quantitative estimate of drug-likeness (QED) is 0.172. The molecule has 0 spiro atoms. The minimum Gasteiger partial charge on any atom is -0.410 e. The minimum absolute atomic E-state index is 0.213. The van der Waals surface area contributed by atoms with Gasteiger partial charge in [0.05, 0.1) is 0 Å². The van der Waals surface area contributed by atoms with Crippen LogP contribution in [0.1, 0.15) is 48.8 Å². The summed E-state index contributed by atoms with van der Waals surface area (Å²) in [4.78, 5) is 42.3. The Morgan fingerprint density at radius 3 is 2.17 bits per heavy atom. The van der Waals surface area contributed by atoms with Crippen LogP contribution in [0.5, 0.6) is 11.5 Å². The van der Waals surface area contributed by atoms with E-state index in [2.05, 4.69) is 35.6 Å². The Labute approximate surface area is 229 Å². The van der Waals surface area contributed by atoms with E-state index in [0.29, 0.717) is 47.9 Å². The molecule has 3 rings (SSSR count). The maximum atomic E-state index is 14.8. The number of phosphoric acid groups is 1. The third kappa shape index (κ3) is 9.95. The van der Waals surface area contributed by atoms with Crippen molar-refractivity contribution in [3.63, 3.8) is 0 Å². The number of alkyl halides is 1. The lowest BCUT2D eigenvalue weighted by Gasteiger charge is -2.15. The number of benzene rings is 2. The van der Waals surface area contributed by atoms with E-state index in [4.69, 9.17) is 14.5 Å². The van der Waals surface area contributed by atoms with Gasteiger partial charge in [0, 0.05) is 24.2 Å².